The Bertz CT molecular complexity index is 1410. The van der Waals surface area contributed by atoms with Gasteiger partial charge in [0, 0.05) is 44.8 Å². The number of hydrogen-bond acceptors (Lipinski definition) is 3. The van der Waals surface area contributed by atoms with Crippen molar-refractivity contribution in [1.29, 1.82) is 0 Å². The molecular formula is C28H26Cl2N4O2. The number of hydrazone groups is 1. The van der Waals surface area contributed by atoms with Crippen LogP contribution in [0.3, 0.4) is 0 Å². The fourth-order valence-electron chi connectivity index (χ4n) is 3.91. The predicted octanol–water partition coefficient (Wildman–Crippen LogP) is 5.90. The summed E-state index contributed by atoms with van der Waals surface area (Å²) in [7, 11) is 0. The maximum absolute atomic E-state index is 12.9. The van der Waals surface area contributed by atoms with Crippen molar-refractivity contribution >= 4 is 52.1 Å². The number of nitrogens with zero attached hydrogens (tertiary/aromatic N) is 2. The lowest BCUT2D eigenvalue weighted by Gasteiger charge is -2.20. The molecule has 4 rings (SSSR count). The number of fused-ring (bicyclic) bond motifs is 1. The maximum Gasteiger partial charge on any atom is 0.262 e. The van der Waals surface area contributed by atoms with Gasteiger partial charge in [-0.25, -0.2) is 5.43 Å². The van der Waals surface area contributed by atoms with E-state index < -0.39 is 11.9 Å². The molecule has 0 spiro atoms. The monoisotopic (exact) mass is 520 g/mol. The van der Waals surface area contributed by atoms with Crippen LogP contribution in [0, 0.1) is 5.92 Å². The van der Waals surface area contributed by atoms with Gasteiger partial charge in [-0.3, -0.25) is 9.59 Å². The van der Waals surface area contributed by atoms with E-state index in [2.05, 4.69) is 20.4 Å². The average molecular weight is 521 g/mol. The second kappa shape index (κ2) is 11.4. The van der Waals surface area contributed by atoms with Gasteiger partial charge in [0.15, 0.2) is 0 Å². The molecule has 6 nitrogen and oxygen atoms in total. The average Bonchev–Trinajstić information content (AvgIpc) is 3.21. The molecule has 1 heterocycles. The fourth-order valence-corrected chi connectivity index (χ4v) is 4.24. The van der Waals surface area contributed by atoms with Crippen molar-refractivity contribution in [3.8, 4) is 0 Å². The Morgan fingerprint density at radius 3 is 2.39 bits per heavy atom. The summed E-state index contributed by atoms with van der Waals surface area (Å²) in [6, 6.07) is 21.4. The molecule has 0 saturated carbocycles. The van der Waals surface area contributed by atoms with E-state index in [1.165, 1.54) is 0 Å². The van der Waals surface area contributed by atoms with Crippen LogP contribution in [0.25, 0.3) is 10.9 Å². The van der Waals surface area contributed by atoms with Gasteiger partial charge in [0.2, 0.25) is 0 Å². The molecule has 0 saturated heterocycles. The van der Waals surface area contributed by atoms with Crippen LogP contribution < -0.4 is 10.7 Å². The number of halogens is 2. The van der Waals surface area contributed by atoms with E-state index in [4.69, 9.17) is 23.2 Å². The molecule has 0 radical (unpaired) electrons. The van der Waals surface area contributed by atoms with E-state index in [0.717, 1.165) is 22.0 Å². The molecule has 4 aromatic rings. The molecule has 184 valence electrons. The molecule has 2 N–H and O–H groups in total. The van der Waals surface area contributed by atoms with E-state index in [-0.39, 0.29) is 11.8 Å². The van der Waals surface area contributed by atoms with Gasteiger partial charge < -0.3 is 9.88 Å². The van der Waals surface area contributed by atoms with Gasteiger partial charge in [0.25, 0.3) is 11.8 Å². The normalized spacial score (nSPS) is 12.2. The predicted molar refractivity (Wildman–Crippen MR) is 146 cm³/mol. The first-order chi connectivity index (χ1) is 17.3. The number of hydrogen-bond donors (Lipinski definition) is 2. The summed E-state index contributed by atoms with van der Waals surface area (Å²) in [4.78, 5) is 25.5. The SMILES string of the molecule is CC(C)C(NC(=O)c1ccc(Cl)cc1)C(=O)NN=Cc1cn(Cc2ccccc2Cl)c2ccccc12. The van der Waals surface area contributed by atoms with E-state index in [1.807, 2.05) is 68.6 Å². The number of aromatic nitrogens is 1. The second-order valence-corrected chi connectivity index (χ2v) is 9.60. The molecule has 1 unspecified atom stereocenters. The molecule has 1 atom stereocenters. The minimum Gasteiger partial charge on any atom is -0.342 e. The molecule has 2 amide bonds. The second-order valence-electron chi connectivity index (χ2n) is 8.76. The van der Waals surface area contributed by atoms with Crippen LogP contribution in [-0.2, 0) is 11.3 Å². The number of nitrogens with one attached hydrogen (secondary N) is 2. The van der Waals surface area contributed by atoms with Crippen molar-refractivity contribution in [2.24, 2.45) is 11.0 Å². The van der Waals surface area contributed by atoms with Crippen LogP contribution in [0.2, 0.25) is 10.0 Å². The van der Waals surface area contributed by atoms with E-state index in [9.17, 15) is 9.59 Å². The Morgan fingerprint density at radius 1 is 0.972 bits per heavy atom. The van der Waals surface area contributed by atoms with Crippen LogP contribution in [-0.4, -0.2) is 28.6 Å². The van der Waals surface area contributed by atoms with Gasteiger partial charge in [0.05, 0.1) is 6.21 Å². The van der Waals surface area contributed by atoms with Crippen LogP contribution in [0.1, 0.15) is 35.3 Å². The number of para-hydroxylation sites is 1. The number of rotatable bonds is 8. The first-order valence-electron chi connectivity index (χ1n) is 11.5. The summed E-state index contributed by atoms with van der Waals surface area (Å²) in [6.07, 6.45) is 3.59. The van der Waals surface area contributed by atoms with Crippen LogP contribution in [0.5, 0.6) is 0 Å². The number of amides is 2. The van der Waals surface area contributed by atoms with Gasteiger partial charge >= 0.3 is 0 Å². The molecule has 8 heteroatoms. The summed E-state index contributed by atoms with van der Waals surface area (Å²) in [5.74, 6) is -0.899. The van der Waals surface area contributed by atoms with E-state index >= 15 is 0 Å². The number of carbonyl (C=O) groups excluding carboxylic acids is 2. The lowest BCUT2D eigenvalue weighted by atomic mass is 10.0. The molecule has 0 fully saturated rings. The third-order valence-corrected chi connectivity index (χ3v) is 6.46. The molecule has 0 aliphatic rings. The molecule has 1 aromatic heterocycles. The topological polar surface area (TPSA) is 75.5 Å². The first-order valence-corrected chi connectivity index (χ1v) is 12.3. The zero-order valence-electron chi connectivity index (χ0n) is 19.9. The summed E-state index contributed by atoms with van der Waals surface area (Å²) in [5, 5.41) is 9.21. The minimum absolute atomic E-state index is 0.144. The van der Waals surface area contributed by atoms with Crippen molar-refractivity contribution in [2.45, 2.75) is 26.4 Å². The van der Waals surface area contributed by atoms with Crippen molar-refractivity contribution in [3.63, 3.8) is 0 Å². The molecular weight excluding hydrogens is 495 g/mol. The van der Waals surface area contributed by atoms with Crippen molar-refractivity contribution in [3.05, 3.63) is 106 Å². The first kappa shape index (κ1) is 25.5. The summed E-state index contributed by atoms with van der Waals surface area (Å²) < 4.78 is 2.10. The van der Waals surface area contributed by atoms with Crippen molar-refractivity contribution in [1.82, 2.24) is 15.3 Å². The highest BCUT2D eigenvalue weighted by Gasteiger charge is 2.24. The van der Waals surface area contributed by atoms with Gasteiger partial charge in [-0.05, 0) is 47.9 Å². The fraction of sp³-hybridized carbons (Fsp3) is 0.179. The van der Waals surface area contributed by atoms with Crippen molar-refractivity contribution < 1.29 is 9.59 Å². The van der Waals surface area contributed by atoms with Gasteiger partial charge in [-0.2, -0.15) is 5.10 Å². The van der Waals surface area contributed by atoms with Crippen molar-refractivity contribution in [2.75, 3.05) is 0 Å². The van der Waals surface area contributed by atoms with Gasteiger partial charge in [0.1, 0.15) is 6.04 Å². The molecule has 0 bridgehead atoms. The van der Waals surface area contributed by atoms with Crippen LogP contribution in [0.15, 0.2) is 84.1 Å². The Labute approximate surface area is 219 Å². The largest absolute Gasteiger partial charge is 0.342 e. The molecule has 0 aliphatic carbocycles. The Morgan fingerprint density at radius 2 is 1.67 bits per heavy atom. The third kappa shape index (κ3) is 5.96. The molecule has 36 heavy (non-hydrogen) atoms. The lowest BCUT2D eigenvalue weighted by Crippen LogP contribution is -2.48. The zero-order chi connectivity index (χ0) is 25.7. The smallest absolute Gasteiger partial charge is 0.262 e. The Balaban J connectivity index is 1.49. The Kier molecular flexibility index (Phi) is 8.08. The highest BCUT2D eigenvalue weighted by Crippen LogP contribution is 2.23. The summed E-state index contributed by atoms with van der Waals surface area (Å²) in [6.45, 7) is 4.32. The quantitative estimate of drug-likeness (QED) is 0.224. The summed E-state index contributed by atoms with van der Waals surface area (Å²) >= 11 is 12.3. The third-order valence-electron chi connectivity index (χ3n) is 5.84. The zero-order valence-corrected chi connectivity index (χ0v) is 21.4. The molecule has 3 aromatic carbocycles. The molecule has 0 aliphatic heterocycles. The lowest BCUT2D eigenvalue weighted by molar-refractivity contribution is -0.123. The minimum atomic E-state index is -0.758. The number of carbonyl (C=O) groups is 2. The Hall–Kier alpha value is -3.61. The van der Waals surface area contributed by atoms with Crippen LogP contribution >= 0.6 is 23.2 Å². The standard InChI is InChI=1S/C28H26Cl2N4O2/c1-18(2)26(32-27(35)19-11-13-22(29)14-12-19)28(36)33-31-15-21-17-34(25-10-6-4-8-23(21)25)16-20-7-3-5-9-24(20)30/h3-15,17-18,26H,16H2,1-2H3,(H,32,35)(H,33,36). The van der Waals surface area contributed by atoms with Gasteiger partial charge in [-0.15, -0.1) is 0 Å². The maximum atomic E-state index is 12.9. The highest BCUT2D eigenvalue weighted by atomic mass is 35.5. The van der Waals surface area contributed by atoms with Gasteiger partial charge in [-0.1, -0.05) is 73.4 Å². The highest BCUT2D eigenvalue weighted by molar-refractivity contribution is 6.31. The number of benzene rings is 3. The van der Waals surface area contributed by atoms with E-state index in [1.54, 1.807) is 30.5 Å². The summed E-state index contributed by atoms with van der Waals surface area (Å²) in [5.41, 5.74) is 5.89. The van der Waals surface area contributed by atoms with E-state index in [0.29, 0.717) is 22.2 Å². The van der Waals surface area contributed by atoms with Crippen LogP contribution in [0.4, 0.5) is 0 Å².